The van der Waals surface area contributed by atoms with Crippen LogP contribution in [0.5, 0.6) is 11.5 Å². The van der Waals surface area contributed by atoms with Crippen molar-refractivity contribution in [1.29, 1.82) is 0 Å². The minimum atomic E-state index is -1.50. The Morgan fingerprint density at radius 2 is 1.43 bits per heavy atom. The average molecular weight is 1210 g/mol. The van der Waals surface area contributed by atoms with Gasteiger partial charge in [-0.25, -0.2) is 9.59 Å². The number of esters is 2. The number of cyclic esters (lactones) is 2. The number of ether oxygens (including phenoxy) is 4. The van der Waals surface area contributed by atoms with Gasteiger partial charge in [0.05, 0.1) is 19.6 Å². The van der Waals surface area contributed by atoms with E-state index < -0.39 is 113 Å². The third-order valence-corrected chi connectivity index (χ3v) is 15.8. The molecule has 1 fully saturated rings. The summed E-state index contributed by atoms with van der Waals surface area (Å²) in [6.45, 7) is 11.9. The fourth-order valence-corrected chi connectivity index (χ4v) is 10.8. The molecule has 474 valence electrons. The molecule has 0 radical (unpaired) electrons. The number of amides is 7. The highest BCUT2D eigenvalue weighted by atomic mass is 16.5. The zero-order valence-electron chi connectivity index (χ0n) is 52.8. The molecule has 87 heavy (non-hydrogen) atoms. The number of nitrogens with one attached hydrogen (secondary N) is 3. The van der Waals surface area contributed by atoms with Crippen molar-refractivity contribution in [2.24, 2.45) is 17.3 Å². The molecule has 1 saturated heterocycles. The van der Waals surface area contributed by atoms with E-state index in [1.165, 1.54) is 73.9 Å². The largest absolute Gasteiger partial charge is 0.493 e. The van der Waals surface area contributed by atoms with E-state index in [0.717, 1.165) is 11.1 Å². The first-order valence-electron chi connectivity index (χ1n) is 30.2. The molecular formula is C66H91N7O14. The lowest BCUT2D eigenvalue weighted by atomic mass is 9.87. The summed E-state index contributed by atoms with van der Waals surface area (Å²) in [6.07, 6.45) is 4.35. The number of anilines is 1. The van der Waals surface area contributed by atoms with Gasteiger partial charge in [0.25, 0.3) is 5.91 Å². The van der Waals surface area contributed by atoms with Crippen molar-refractivity contribution in [2.45, 2.75) is 162 Å². The summed E-state index contributed by atoms with van der Waals surface area (Å²) in [6, 6.07) is 15.8. The van der Waals surface area contributed by atoms with Crippen LogP contribution >= 0.6 is 0 Å². The van der Waals surface area contributed by atoms with Crippen LogP contribution in [0.4, 0.5) is 5.69 Å². The maximum atomic E-state index is 14.8. The zero-order valence-corrected chi connectivity index (χ0v) is 52.8. The zero-order chi connectivity index (χ0) is 64.1. The Bertz CT molecular complexity index is 2930. The minimum absolute atomic E-state index is 0.0440. The van der Waals surface area contributed by atoms with Crippen LogP contribution in [0, 0.1) is 17.3 Å². The van der Waals surface area contributed by atoms with Crippen LogP contribution in [0.15, 0.2) is 84.9 Å². The molecule has 2 bridgehead atoms. The quantitative estimate of drug-likeness (QED) is 0.123. The maximum Gasteiger partial charge on any atom is 0.330 e. The Morgan fingerprint density at radius 1 is 0.724 bits per heavy atom. The van der Waals surface area contributed by atoms with Crippen molar-refractivity contribution in [3.8, 4) is 11.5 Å². The Labute approximate surface area is 512 Å². The standard InChI is InChI=1S/C66H91N7O14/c1-13-22-48-62(80)70(8)35-19-18-28-57(76)86-41-66(6,7)59(77)64(82)73-36-20-17-27-50(73)65(83)87-52(31-29-45-30-32-53(84-11)54(39-45)85-12)46-25-21-26-47(40-46)67-55(74)33-34-56(75)71(9)51(37-42(2)3)60(78)69-49(38-44-23-15-14-16-24-44)63(81)72(10)58(43(4)5)61(79)68-48/h14-16,18,21,23-26,28,30,32,39-40,42-43,48-52,58H,13,17,19-20,22,27,29,31,33-38,41H2,1-12H3,(H,67,74)(H,68,79)(H,69,78)/b28-18-/t48-,49+,50-,51-,52+,58-/m0/s1. The van der Waals surface area contributed by atoms with Crippen molar-refractivity contribution in [3.63, 3.8) is 0 Å². The molecule has 3 aromatic rings. The lowest BCUT2D eigenvalue weighted by molar-refractivity contribution is -0.165. The van der Waals surface area contributed by atoms with Crippen molar-refractivity contribution < 1.29 is 66.9 Å². The van der Waals surface area contributed by atoms with Crippen LogP contribution in [0.1, 0.15) is 135 Å². The third-order valence-electron chi connectivity index (χ3n) is 15.8. The SMILES string of the molecule is CCC[C@@H]1NC(=O)[C@H](C(C)C)N(C)C(=O)[C@@H](Cc2ccccc2)NC(=O)[C@H](CC(C)C)N(C)C(=O)CCC(=O)Nc2cccc(c2)[C@@H](CCc2ccc(OC)c(OC)c2)OC(=O)[C@@H]2CCCCN2C(=O)C(=O)C(C)(C)COC(=O)/C=C\CCN(C)C1=O. The minimum Gasteiger partial charge on any atom is -0.493 e. The third kappa shape index (κ3) is 20.0. The van der Waals surface area contributed by atoms with Crippen molar-refractivity contribution in [1.82, 2.24) is 30.2 Å². The molecule has 2 heterocycles. The van der Waals surface area contributed by atoms with Gasteiger partial charge in [0, 0.05) is 65.3 Å². The van der Waals surface area contributed by atoms with Gasteiger partial charge >= 0.3 is 11.9 Å². The molecule has 0 aromatic heterocycles. The number of hydrogen-bond acceptors (Lipinski definition) is 14. The van der Waals surface area contributed by atoms with E-state index in [4.69, 9.17) is 18.9 Å². The second kappa shape index (κ2) is 33.1. The number of carbonyl (C=O) groups is 10. The van der Waals surface area contributed by atoms with Gasteiger partial charge < -0.3 is 54.5 Å². The van der Waals surface area contributed by atoms with Gasteiger partial charge in [-0.2, -0.15) is 0 Å². The van der Waals surface area contributed by atoms with Gasteiger partial charge in [0.1, 0.15) is 42.9 Å². The number of hydrogen-bond donors (Lipinski definition) is 3. The first kappa shape index (κ1) is 69.7. The summed E-state index contributed by atoms with van der Waals surface area (Å²) in [5, 5.41) is 8.69. The lowest BCUT2D eigenvalue weighted by Gasteiger charge is -2.36. The second-order valence-electron chi connectivity index (χ2n) is 24.0. The lowest BCUT2D eigenvalue weighted by Crippen LogP contribution is -2.60. The number of carbonyl (C=O) groups excluding carboxylic acids is 10. The molecule has 21 heteroatoms. The monoisotopic (exact) mass is 1210 g/mol. The van der Waals surface area contributed by atoms with Gasteiger partial charge in [-0.15, -0.1) is 0 Å². The van der Waals surface area contributed by atoms with E-state index in [0.29, 0.717) is 48.4 Å². The highest BCUT2D eigenvalue weighted by Gasteiger charge is 2.43. The molecule has 2 aliphatic heterocycles. The summed E-state index contributed by atoms with van der Waals surface area (Å²) in [7, 11) is 7.58. The number of nitrogens with zero attached hydrogens (tertiary/aromatic N) is 4. The Balaban J connectivity index is 1.50. The molecule has 7 amide bonds. The Morgan fingerprint density at radius 3 is 2.09 bits per heavy atom. The van der Waals surface area contributed by atoms with Gasteiger partial charge in [0.2, 0.25) is 41.2 Å². The highest BCUT2D eigenvalue weighted by molar-refractivity contribution is 6.38. The number of methoxy groups -OCH3 is 2. The average Bonchev–Trinajstić information content (AvgIpc) is 2.36. The first-order chi connectivity index (χ1) is 41.3. The molecule has 2 aliphatic rings. The van der Waals surface area contributed by atoms with Gasteiger partial charge in [0.15, 0.2) is 11.5 Å². The molecule has 3 N–H and O–H groups in total. The van der Waals surface area contributed by atoms with Crippen LogP contribution in [-0.2, 0) is 70.3 Å². The van der Waals surface area contributed by atoms with Crippen LogP contribution < -0.4 is 25.4 Å². The van der Waals surface area contributed by atoms with E-state index in [1.54, 1.807) is 63.4 Å². The highest BCUT2D eigenvalue weighted by Crippen LogP contribution is 2.33. The van der Waals surface area contributed by atoms with Crippen molar-refractivity contribution >= 4 is 64.8 Å². The van der Waals surface area contributed by atoms with E-state index >= 15 is 0 Å². The van der Waals surface area contributed by atoms with Crippen LogP contribution in [0.2, 0.25) is 0 Å². The topological polar surface area (TPSA) is 257 Å². The maximum absolute atomic E-state index is 14.8. The molecule has 0 saturated carbocycles. The molecule has 0 spiro atoms. The summed E-state index contributed by atoms with van der Waals surface area (Å²) >= 11 is 0. The number of likely N-dealkylation sites (N-methyl/N-ethyl adjacent to an activating group) is 3. The second-order valence-corrected chi connectivity index (χ2v) is 24.0. The number of aryl methyl sites for hydroxylation is 1. The molecule has 0 aliphatic carbocycles. The number of fused-ring (bicyclic) bond motifs is 3. The Hall–Kier alpha value is -8.10. The predicted molar refractivity (Wildman–Crippen MR) is 328 cm³/mol. The van der Waals surface area contributed by atoms with Crippen molar-refractivity contribution in [2.75, 3.05) is 60.4 Å². The van der Waals surface area contributed by atoms with Crippen LogP contribution in [0.25, 0.3) is 0 Å². The van der Waals surface area contributed by atoms with Crippen LogP contribution in [-0.4, -0.2) is 164 Å². The van der Waals surface area contributed by atoms with E-state index in [9.17, 15) is 47.9 Å². The molecule has 6 atom stereocenters. The summed E-state index contributed by atoms with van der Waals surface area (Å²) < 4.78 is 22.8. The molecule has 0 unspecified atom stereocenters. The van der Waals surface area contributed by atoms with E-state index in [2.05, 4.69) is 16.0 Å². The number of benzene rings is 3. The van der Waals surface area contributed by atoms with Crippen molar-refractivity contribution in [3.05, 3.63) is 102 Å². The smallest absolute Gasteiger partial charge is 0.330 e. The normalized spacial score (nSPS) is 23.1. The molecule has 5 rings (SSSR count). The summed E-state index contributed by atoms with van der Waals surface area (Å²) in [4.78, 5) is 147. The Kier molecular flexibility index (Phi) is 26.5. The summed E-state index contributed by atoms with van der Waals surface area (Å²) in [5.74, 6) is -6.06. The van der Waals surface area contributed by atoms with E-state index in [1.807, 2.05) is 51.1 Å². The van der Waals surface area contributed by atoms with Gasteiger partial charge in [-0.05, 0) is 118 Å². The molecule has 21 nitrogen and oxygen atoms in total. The number of ketones is 1. The van der Waals surface area contributed by atoms with Crippen LogP contribution in [0.3, 0.4) is 0 Å². The first-order valence-corrected chi connectivity index (χ1v) is 30.2. The van der Waals surface area contributed by atoms with Gasteiger partial charge in [-0.3, -0.25) is 38.4 Å². The molecular weight excluding hydrogens is 1110 g/mol. The van der Waals surface area contributed by atoms with E-state index in [-0.39, 0.29) is 70.4 Å². The fraction of sp³-hybridized carbons (Fsp3) is 0.545. The predicted octanol–water partition coefficient (Wildman–Crippen LogP) is 6.95. The number of rotatable bonds is 12. The molecule has 3 aromatic carbocycles. The number of piperidine rings is 1. The summed E-state index contributed by atoms with van der Waals surface area (Å²) in [5.41, 5.74) is 0.889. The number of Topliss-reactive ketones (excluding diaryl/α,β-unsaturated/α-hetero) is 1. The fourth-order valence-electron chi connectivity index (χ4n) is 10.8. The van der Waals surface area contributed by atoms with Gasteiger partial charge in [-0.1, -0.05) is 95.6 Å².